The summed E-state index contributed by atoms with van der Waals surface area (Å²) < 4.78 is 5.01. The summed E-state index contributed by atoms with van der Waals surface area (Å²) >= 11 is 0. The molecule has 3 aromatic rings. The van der Waals surface area contributed by atoms with E-state index in [2.05, 4.69) is 39.7 Å². The number of hydrogen-bond donors (Lipinski definition) is 2. The molecular formula is C13H13N3O. The SMILES string of the molecule is c1cc(CNCc2ccc3cc[nH]c3c2)on1. The molecule has 0 aliphatic heterocycles. The zero-order valence-corrected chi connectivity index (χ0v) is 9.31. The Labute approximate surface area is 98.6 Å². The average molecular weight is 227 g/mol. The quantitative estimate of drug-likeness (QED) is 0.719. The van der Waals surface area contributed by atoms with Gasteiger partial charge in [0.1, 0.15) is 5.76 Å². The first-order valence-electron chi connectivity index (χ1n) is 5.58. The molecule has 4 nitrogen and oxygen atoms in total. The highest BCUT2D eigenvalue weighted by molar-refractivity contribution is 5.79. The summed E-state index contributed by atoms with van der Waals surface area (Å²) in [5.41, 5.74) is 2.42. The van der Waals surface area contributed by atoms with Crippen LogP contribution in [0.1, 0.15) is 11.3 Å². The standard InChI is InChI=1S/C13H13N3O/c1-2-11-3-5-15-13(11)7-10(1)8-14-9-12-4-6-16-17-12/h1-7,14-15H,8-9H2. The predicted octanol–water partition coefficient (Wildman–Crippen LogP) is 2.45. The molecule has 0 aliphatic rings. The van der Waals surface area contributed by atoms with E-state index in [-0.39, 0.29) is 0 Å². The van der Waals surface area contributed by atoms with Crippen molar-refractivity contribution < 1.29 is 4.52 Å². The minimum absolute atomic E-state index is 0.697. The number of nitrogens with zero attached hydrogens (tertiary/aromatic N) is 1. The third kappa shape index (κ3) is 2.21. The predicted molar refractivity (Wildman–Crippen MR) is 65.3 cm³/mol. The van der Waals surface area contributed by atoms with Crippen molar-refractivity contribution >= 4 is 10.9 Å². The largest absolute Gasteiger partial charge is 0.361 e. The number of rotatable bonds is 4. The lowest BCUT2D eigenvalue weighted by Gasteiger charge is -2.02. The first-order valence-corrected chi connectivity index (χ1v) is 5.58. The van der Waals surface area contributed by atoms with Gasteiger partial charge in [-0.1, -0.05) is 17.3 Å². The highest BCUT2D eigenvalue weighted by atomic mass is 16.5. The van der Waals surface area contributed by atoms with Crippen molar-refractivity contribution in [2.24, 2.45) is 0 Å². The first-order chi connectivity index (χ1) is 8.42. The van der Waals surface area contributed by atoms with E-state index in [9.17, 15) is 0 Å². The van der Waals surface area contributed by atoms with E-state index in [0.717, 1.165) is 12.3 Å². The number of aromatic amines is 1. The summed E-state index contributed by atoms with van der Waals surface area (Å²) in [6.45, 7) is 1.51. The summed E-state index contributed by atoms with van der Waals surface area (Å²) in [5, 5.41) is 8.21. The minimum atomic E-state index is 0.697. The summed E-state index contributed by atoms with van der Waals surface area (Å²) in [4.78, 5) is 3.21. The van der Waals surface area contributed by atoms with Gasteiger partial charge in [-0.3, -0.25) is 0 Å². The lowest BCUT2D eigenvalue weighted by molar-refractivity contribution is 0.373. The Morgan fingerprint density at radius 1 is 1.18 bits per heavy atom. The van der Waals surface area contributed by atoms with E-state index in [1.807, 2.05) is 12.3 Å². The molecule has 17 heavy (non-hydrogen) atoms. The maximum absolute atomic E-state index is 5.01. The van der Waals surface area contributed by atoms with E-state index in [4.69, 9.17) is 4.52 Å². The van der Waals surface area contributed by atoms with E-state index in [1.54, 1.807) is 6.20 Å². The number of hydrogen-bond acceptors (Lipinski definition) is 3. The van der Waals surface area contributed by atoms with Gasteiger partial charge in [0.05, 0.1) is 12.7 Å². The summed E-state index contributed by atoms with van der Waals surface area (Å²) in [5.74, 6) is 0.853. The molecule has 1 aromatic carbocycles. The van der Waals surface area contributed by atoms with Crippen LogP contribution in [0.25, 0.3) is 10.9 Å². The number of H-pyrrole nitrogens is 1. The second kappa shape index (κ2) is 4.43. The first kappa shape index (κ1) is 10.1. The van der Waals surface area contributed by atoms with Crippen LogP contribution in [0.3, 0.4) is 0 Å². The Morgan fingerprint density at radius 3 is 3.06 bits per heavy atom. The third-order valence-electron chi connectivity index (χ3n) is 2.74. The van der Waals surface area contributed by atoms with Gasteiger partial charge >= 0.3 is 0 Å². The van der Waals surface area contributed by atoms with Crippen LogP contribution < -0.4 is 5.32 Å². The monoisotopic (exact) mass is 227 g/mol. The van der Waals surface area contributed by atoms with Crippen LogP contribution in [-0.2, 0) is 13.1 Å². The molecule has 2 N–H and O–H groups in total. The molecule has 0 saturated carbocycles. The smallest absolute Gasteiger partial charge is 0.150 e. The molecule has 0 aliphatic carbocycles. The van der Waals surface area contributed by atoms with Gasteiger partial charge < -0.3 is 14.8 Å². The number of nitrogens with one attached hydrogen (secondary N) is 2. The van der Waals surface area contributed by atoms with Crippen molar-refractivity contribution in [3.05, 3.63) is 54.0 Å². The van der Waals surface area contributed by atoms with Gasteiger partial charge in [-0.25, -0.2) is 0 Å². The van der Waals surface area contributed by atoms with Crippen molar-refractivity contribution in [2.75, 3.05) is 0 Å². The molecule has 2 aromatic heterocycles. The van der Waals surface area contributed by atoms with Gasteiger partial charge in [-0.05, 0) is 23.1 Å². The normalized spacial score (nSPS) is 11.1. The zero-order chi connectivity index (χ0) is 11.5. The van der Waals surface area contributed by atoms with Crippen LogP contribution in [-0.4, -0.2) is 10.1 Å². The topological polar surface area (TPSA) is 53.9 Å². The van der Waals surface area contributed by atoms with Gasteiger partial charge in [0, 0.05) is 24.3 Å². The number of benzene rings is 1. The van der Waals surface area contributed by atoms with Gasteiger partial charge in [0.15, 0.2) is 0 Å². The number of aromatic nitrogens is 2. The molecule has 0 bridgehead atoms. The number of fused-ring (bicyclic) bond motifs is 1. The minimum Gasteiger partial charge on any atom is -0.361 e. The van der Waals surface area contributed by atoms with Gasteiger partial charge in [0.2, 0.25) is 0 Å². The Hall–Kier alpha value is -2.07. The van der Waals surface area contributed by atoms with Crippen molar-refractivity contribution in [2.45, 2.75) is 13.1 Å². The molecule has 0 amide bonds. The molecule has 3 rings (SSSR count). The maximum atomic E-state index is 5.01. The van der Waals surface area contributed by atoms with Crippen LogP contribution in [0, 0.1) is 0 Å². The third-order valence-corrected chi connectivity index (χ3v) is 2.74. The molecule has 2 heterocycles. The fourth-order valence-corrected chi connectivity index (χ4v) is 1.87. The molecule has 0 spiro atoms. The van der Waals surface area contributed by atoms with Crippen LogP contribution in [0.5, 0.6) is 0 Å². The van der Waals surface area contributed by atoms with Gasteiger partial charge in [0.25, 0.3) is 0 Å². The van der Waals surface area contributed by atoms with Crippen LogP contribution >= 0.6 is 0 Å². The van der Waals surface area contributed by atoms with Gasteiger partial charge in [-0.2, -0.15) is 0 Å². The van der Waals surface area contributed by atoms with Crippen molar-refractivity contribution in [3.63, 3.8) is 0 Å². The average Bonchev–Trinajstić information content (AvgIpc) is 2.98. The van der Waals surface area contributed by atoms with Crippen LogP contribution in [0.2, 0.25) is 0 Å². The van der Waals surface area contributed by atoms with Crippen molar-refractivity contribution in [3.8, 4) is 0 Å². The molecule has 0 fully saturated rings. The Bertz CT molecular complexity index is 598. The second-order valence-electron chi connectivity index (χ2n) is 3.98. The van der Waals surface area contributed by atoms with Crippen molar-refractivity contribution in [1.29, 1.82) is 0 Å². The van der Waals surface area contributed by atoms with Crippen LogP contribution in [0.4, 0.5) is 0 Å². The molecule has 0 saturated heterocycles. The summed E-state index contributed by atoms with van der Waals surface area (Å²) in [6, 6.07) is 10.3. The molecule has 0 atom stereocenters. The van der Waals surface area contributed by atoms with E-state index >= 15 is 0 Å². The molecule has 0 unspecified atom stereocenters. The Morgan fingerprint density at radius 2 is 2.18 bits per heavy atom. The lowest BCUT2D eigenvalue weighted by atomic mass is 10.1. The molecule has 4 heteroatoms. The summed E-state index contributed by atoms with van der Waals surface area (Å²) in [6.07, 6.45) is 3.61. The molecule has 86 valence electrons. The van der Waals surface area contributed by atoms with Crippen molar-refractivity contribution in [1.82, 2.24) is 15.5 Å². The van der Waals surface area contributed by atoms with E-state index in [0.29, 0.717) is 6.54 Å². The maximum Gasteiger partial charge on any atom is 0.150 e. The fourth-order valence-electron chi connectivity index (χ4n) is 1.87. The lowest BCUT2D eigenvalue weighted by Crippen LogP contribution is -2.11. The fraction of sp³-hybridized carbons (Fsp3) is 0.154. The summed E-state index contributed by atoms with van der Waals surface area (Å²) in [7, 11) is 0. The van der Waals surface area contributed by atoms with E-state index < -0.39 is 0 Å². The highest BCUT2D eigenvalue weighted by Crippen LogP contribution is 2.14. The van der Waals surface area contributed by atoms with Gasteiger partial charge in [-0.15, -0.1) is 0 Å². The highest BCUT2D eigenvalue weighted by Gasteiger charge is 1.99. The van der Waals surface area contributed by atoms with E-state index in [1.165, 1.54) is 16.5 Å². The molecular weight excluding hydrogens is 214 g/mol. The Balaban J connectivity index is 1.64. The van der Waals surface area contributed by atoms with Crippen LogP contribution in [0.15, 0.2) is 47.2 Å². The zero-order valence-electron chi connectivity index (χ0n) is 9.31. The second-order valence-corrected chi connectivity index (χ2v) is 3.98. The molecule has 0 radical (unpaired) electrons. The Kier molecular flexibility index (Phi) is 2.63.